The predicted molar refractivity (Wildman–Crippen MR) is 77.4 cm³/mol. The molecule has 0 aliphatic heterocycles. The molecule has 0 atom stereocenters. The van der Waals surface area contributed by atoms with Gasteiger partial charge in [-0.05, 0) is 25.0 Å². The van der Waals surface area contributed by atoms with Crippen LogP contribution in [0.4, 0.5) is 10.5 Å². The number of hydrogen-bond acceptors (Lipinski definition) is 3. The number of rotatable bonds is 5. The van der Waals surface area contributed by atoms with E-state index in [4.69, 9.17) is 22.0 Å². The molecule has 110 valence electrons. The SMILES string of the molecule is N#CCCN(C(=O)Nc1cccc(Cl)c1C(=O)O)C1CC1. The Morgan fingerprint density at radius 2 is 2.19 bits per heavy atom. The molecule has 1 aliphatic carbocycles. The molecule has 6 nitrogen and oxygen atoms in total. The highest BCUT2D eigenvalue weighted by molar-refractivity contribution is 6.34. The maximum absolute atomic E-state index is 12.3. The maximum Gasteiger partial charge on any atom is 0.339 e. The molecule has 1 aliphatic rings. The topological polar surface area (TPSA) is 93.4 Å². The van der Waals surface area contributed by atoms with E-state index in [2.05, 4.69) is 5.32 Å². The van der Waals surface area contributed by atoms with Crippen molar-refractivity contribution in [2.45, 2.75) is 25.3 Å². The largest absolute Gasteiger partial charge is 0.478 e. The quantitative estimate of drug-likeness (QED) is 0.874. The lowest BCUT2D eigenvalue weighted by Crippen LogP contribution is -2.37. The van der Waals surface area contributed by atoms with Crippen molar-refractivity contribution in [3.63, 3.8) is 0 Å². The maximum atomic E-state index is 12.3. The van der Waals surface area contributed by atoms with Gasteiger partial charge in [-0.15, -0.1) is 0 Å². The van der Waals surface area contributed by atoms with Crippen molar-refractivity contribution >= 4 is 29.3 Å². The van der Waals surface area contributed by atoms with Crippen molar-refractivity contribution in [1.29, 1.82) is 5.26 Å². The summed E-state index contributed by atoms with van der Waals surface area (Å²) < 4.78 is 0. The van der Waals surface area contributed by atoms with Crippen molar-refractivity contribution in [2.75, 3.05) is 11.9 Å². The molecule has 0 saturated heterocycles. The molecule has 2 N–H and O–H groups in total. The minimum absolute atomic E-state index is 0.0651. The van der Waals surface area contributed by atoms with Crippen LogP contribution in [0, 0.1) is 11.3 Å². The highest BCUT2D eigenvalue weighted by Gasteiger charge is 2.32. The minimum Gasteiger partial charge on any atom is -0.478 e. The number of carbonyl (C=O) groups excluding carboxylic acids is 1. The van der Waals surface area contributed by atoms with Crippen LogP contribution in [-0.2, 0) is 0 Å². The third-order valence-electron chi connectivity index (χ3n) is 3.18. The van der Waals surface area contributed by atoms with Crippen LogP contribution in [-0.4, -0.2) is 34.6 Å². The summed E-state index contributed by atoms with van der Waals surface area (Å²) in [4.78, 5) is 25.0. The molecule has 1 aromatic carbocycles. The first-order valence-corrected chi connectivity index (χ1v) is 6.88. The van der Waals surface area contributed by atoms with E-state index in [0.717, 1.165) is 12.8 Å². The van der Waals surface area contributed by atoms with E-state index in [1.54, 1.807) is 11.0 Å². The molecule has 0 spiro atoms. The van der Waals surface area contributed by atoms with Gasteiger partial charge in [-0.3, -0.25) is 0 Å². The number of nitriles is 1. The summed E-state index contributed by atoms with van der Waals surface area (Å²) in [5.41, 5.74) is 0.0196. The molecule has 2 rings (SSSR count). The number of carboxylic acid groups (broad SMARTS) is 1. The van der Waals surface area contributed by atoms with E-state index in [-0.39, 0.29) is 28.7 Å². The first-order chi connectivity index (χ1) is 10.0. The first-order valence-electron chi connectivity index (χ1n) is 6.51. The molecule has 21 heavy (non-hydrogen) atoms. The van der Waals surface area contributed by atoms with Gasteiger partial charge in [-0.25, -0.2) is 9.59 Å². The van der Waals surface area contributed by atoms with E-state index in [1.807, 2.05) is 6.07 Å². The molecular weight excluding hydrogens is 294 g/mol. The molecule has 0 radical (unpaired) electrons. The van der Waals surface area contributed by atoms with Gasteiger partial charge in [-0.1, -0.05) is 17.7 Å². The molecule has 0 heterocycles. The van der Waals surface area contributed by atoms with Crippen molar-refractivity contribution < 1.29 is 14.7 Å². The second-order valence-electron chi connectivity index (χ2n) is 4.73. The Kier molecular flexibility index (Phi) is 4.66. The summed E-state index contributed by atoms with van der Waals surface area (Å²) in [6.45, 7) is 0.329. The zero-order valence-corrected chi connectivity index (χ0v) is 11.9. The zero-order chi connectivity index (χ0) is 15.4. The van der Waals surface area contributed by atoms with Crippen LogP contribution in [0.2, 0.25) is 5.02 Å². The third-order valence-corrected chi connectivity index (χ3v) is 3.50. The molecule has 1 fully saturated rings. The van der Waals surface area contributed by atoms with Gasteiger partial charge in [0.15, 0.2) is 0 Å². The normalized spacial score (nSPS) is 13.3. The molecule has 7 heteroatoms. The number of benzene rings is 1. The van der Waals surface area contributed by atoms with E-state index < -0.39 is 12.0 Å². The van der Waals surface area contributed by atoms with Crippen molar-refractivity contribution in [1.82, 2.24) is 4.90 Å². The van der Waals surface area contributed by atoms with E-state index in [0.29, 0.717) is 6.54 Å². The van der Waals surface area contributed by atoms with E-state index in [9.17, 15) is 9.59 Å². The van der Waals surface area contributed by atoms with Crippen LogP contribution in [0.15, 0.2) is 18.2 Å². The van der Waals surface area contributed by atoms with Gasteiger partial charge < -0.3 is 15.3 Å². The summed E-state index contributed by atoms with van der Waals surface area (Å²) >= 11 is 5.86. The number of carboxylic acids is 1. The van der Waals surface area contributed by atoms with Crippen LogP contribution in [0.5, 0.6) is 0 Å². The number of nitrogens with one attached hydrogen (secondary N) is 1. The van der Waals surface area contributed by atoms with Crippen LogP contribution in [0.3, 0.4) is 0 Å². The second kappa shape index (κ2) is 6.46. The summed E-state index contributed by atoms with van der Waals surface area (Å²) in [5.74, 6) is -1.20. The molecule has 2 amide bonds. The highest BCUT2D eigenvalue weighted by atomic mass is 35.5. The standard InChI is InChI=1S/C14H14ClN3O3/c15-10-3-1-4-11(12(10)13(19)20)17-14(21)18(8-2-7-16)9-5-6-9/h1,3-4,9H,2,5-6,8H2,(H,17,21)(H,19,20). The van der Waals surface area contributed by atoms with Crippen molar-refractivity contribution in [3.05, 3.63) is 28.8 Å². The van der Waals surface area contributed by atoms with Gasteiger partial charge in [0.25, 0.3) is 0 Å². The fourth-order valence-electron chi connectivity index (χ4n) is 2.04. The molecule has 1 saturated carbocycles. The van der Waals surface area contributed by atoms with Crippen LogP contribution >= 0.6 is 11.6 Å². The van der Waals surface area contributed by atoms with Crippen LogP contribution < -0.4 is 5.32 Å². The Morgan fingerprint density at radius 3 is 2.76 bits per heavy atom. The highest BCUT2D eigenvalue weighted by Crippen LogP contribution is 2.29. The van der Waals surface area contributed by atoms with Crippen LogP contribution in [0.1, 0.15) is 29.6 Å². The second-order valence-corrected chi connectivity index (χ2v) is 5.14. The summed E-state index contributed by atoms with van der Waals surface area (Å²) in [7, 11) is 0. The average Bonchev–Trinajstić information content (AvgIpc) is 3.23. The summed E-state index contributed by atoms with van der Waals surface area (Å²) in [6.07, 6.45) is 2.05. The number of aromatic carboxylic acids is 1. The number of hydrogen-bond donors (Lipinski definition) is 2. The number of nitrogens with zero attached hydrogens (tertiary/aromatic N) is 2. The van der Waals surface area contributed by atoms with Gasteiger partial charge in [0, 0.05) is 12.6 Å². The molecule has 1 aromatic rings. The Balaban J connectivity index is 2.17. The molecule has 0 unspecified atom stereocenters. The van der Waals surface area contributed by atoms with Gasteiger partial charge in [0.05, 0.1) is 23.2 Å². The Bertz CT molecular complexity index is 608. The zero-order valence-electron chi connectivity index (χ0n) is 11.2. The fourth-order valence-corrected chi connectivity index (χ4v) is 2.29. The number of anilines is 1. The summed E-state index contributed by atoms with van der Waals surface area (Å²) in [6, 6.07) is 6.24. The lowest BCUT2D eigenvalue weighted by molar-refractivity contribution is 0.0698. The minimum atomic E-state index is -1.20. The Labute approximate surface area is 126 Å². The first kappa shape index (κ1) is 15.1. The predicted octanol–water partition coefficient (Wildman–Crippen LogP) is 2.95. The molecular formula is C14H14ClN3O3. The average molecular weight is 308 g/mol. The third kappa shape index (κ3) is 3.64. The van der Waals surface area contributed by atoms with E-state index in [1.165, 1.54) is 12.1 Å². The Hall–Kier alpha value is -2.26. The van der Waals surface area contributed by atoms with Crippen molar-refractivity contribution in [3.8, 4) is 6.07 Å². The summed E-state index contributed by atoms with van der Waals surface area (Å²) in [5, 5.41) is 20.4. The van der Waals surface area contributed by atoms with Gasteiger partial charge in [0.1, 0.15) is 5.56 Å². The van der Waals surface area contributed by atoms with Gasteiger partial charge >= 0.3 is 12.0 Å². The monoisotopic (exact) mass is 307 g/mol. The molecule has 0 aromatic heterocycles. The smallest absolute Gasteiger partial charge is 0.339 e. The lowest BCUT2D eigenvalue weighted by atomic mass is 10.2. The fraction of sp³-hybridized carbons (Fsp3) is 0.357. The Morgan fingerprint density at radius 1 is 1.48 bits per heavy atom. The number of urea groups is 1. The van der Waals surface area contributed by atoms with E-state index >= 15 is 0 Å². The molecule has 0 bridgehead atoms. The van der Waals surface area contributed by atoms with Gasteiger partial charge in [-0.2, -0.15) is 5.26 Å². The van der Waals surface area contributed by atoms with Crippen molar-refractivity contribution in [2.24, 2.45) is 0 Å². The number of halogens is 1. The number of amides is 2. The number of carbonyl (C=O) groups is 2. The van der Waals surface area contributed by atoms with Crippen LogP contribution in [0.25, 0.3) is 0 Å². The lowest BCUT2D eigenvalue weighted by Gasteiger charge is -2.22. The van der Waals surface area contributed by atoms with Gasteiger partial charge in [0.2, 0.25) is 0 Å².